The molecule has 7 heteroatoms. The van der Waals surface area contributed by atoms with E-state index in [0.29, 0.717) is 0 Å². The van der Waals surface area contributed by atoms with Crippen molar-refractivity contribution in [2.24, 2.45) is 11.7 Å². The quantitative estimate of drug-likeness (QED) is 0.938. The standard InChI is InChI=1S/C13H14F3N3O/c1-7(2)10(17)12-18-11(19-20-12)8-4-3-5-9(6-8)13(14,15)16/h3-7,10H,17H2,1-2H3/t10-/m1/s1. The monoisotopic (exact) mass is 285 g/mol. The Morgan fingerprint density at radius 2 is 1.95 bits per heavy atom. The summed E-state index contributed by atoms with van der Waals surface area (Å²) in [5.74, 6) is 0.402. The van der Waals surface area contributed by atoms with Gasteiger partial charge in [0.1, 0.15) is 0 Å². The molecule has 1 heterocycles. The van der Waals surface area contributed by atoms with Crippen molar-refractivity contribution in [3.8, 4) is 11.4 Å². The maximum Gasteiger partial charge on any atom is 0.416 e. The topological polar surface area (TPSA) is 64.9 Å². The molecule has 4 nitrogen and oxygen atoms in total. The van der Waals surface area contributed by atoms with Crippen molar-refractivity contribution >= 4 is 0 Å². The Bertz CT molecular complexity index is 593. The van der Waals surface area contributed by atoms with Gasteiger partial charge in [-0.25, -0.2) is 0 Å². The molecule has 0 saturated heterocycles. The second-order valence-corrected chi connectivity index (χ2v) is 4.80. The summed E-state index contributed by atoms with van der Waals surface area (Å²) in [4.78, 5) is 4.05. The van der Waals surface area contributed by atoms with Crippen molar-refractivity contribution in [2.45, 2.75) is 26.1 Å². The molecule has 2 rings (SSSR count). The van der Waals surface area contributed by atoms with Gasteiger partial charge in [0.2, 0.25) is 11.7 Å². The summed E-state index contributed by atoms with van der Waals surface area (Å²) in [6.07, 6.45) is -4.41. The zero-order valence-corrected chi connectivity index (χ0v) is 11.0. The first-order chi connectivity index (χ1) is 9.29. The minimum absolute atomic E-state index is 0.0878. The van der Waals surface area contributed by atoms with Crippen LogP contribution in [0.25, 0.3) is 11.4 Å². The Labute approximate surface area is 113 Å². The molecule has 0 aliphatic heterocycles. The largest absolute Gasteiger partial charge is 0.416 e. The molecule has 0 radical (unpaired) electrons. The minimum Gasteiger partial charge on any atom is -0.337 e. The Kier molecular flexibility index (Phi) is 3.80. The number of nitrogens with zero attached hydrogens (tertiary/aromatic N) is 2. The maximum absolute atomic E-state index is 12.6. The van der Waals surface area contributed by atoms with E-state index >= 15 is 0 Å². The number of rotatable bonds is 3. The van der Waals surface area contributed by atoms with Crippen molar-refractivity contribution in [3.63, 3.8) is 0 Å². The Balaban J connectivity index is 2.33. The average Bonchev–Trinajstić information content (AvgIpc) is 2.86. The van der Waals surface area contributed by atoms with Gasteiger partial charge in [0.15, 0.2) is 0 Å². The van der Waals surface area contributed by atoms with E-state index in [1.54, 1.807) is 0 Å². The molecule has 1 aromatic carbocycles. The van der Waals surface area contributed by atoms with Crippen LogP contribution in [0.1, 0.15) is 31.3 Å². The van der Waals surface area contributed by atoms with Crippen LogP contribution in [0, 0.1) is 5.92 Å². The fourth-order valence-electron chi connectivity index (χ4n) is 1.61. The highest BCUT2D eigenvalue weighted by atomic mass is 19.4. The van der Waals surface area contributed by atoms with Gasteiger partial charge in [-0.3, -0.25) is 0 Å². The second kappa shape index (κ2) is 5.24. The fourth-order valence-corrected chi connectivity index (χ4v) is 1.61. The number of alkyl halides is 3. The first kappa shape index (κ1) is 14.5. The molecule has 0 spiro atoms. The van der Waals surface area contributed by atoms with Crippen LogP contribution in [0.2, 0.25) is 0 Å². The first-order valence-corrected chi connectivity index (χ1v) is 6.06. The van der Waals surface area contributed by atoms with E-state index in [4.69, 9.17) is 10.3 Å². The molecule has 20 heavy (non-hydrogen) atoms. The fraction of sp³-hybridized carbons (Fsp3) is 0.385. The predicted octanol–water partition coefficient (Wildman–Crippen LogP) is 3.41. The van der Waals surface area contributed by atoms with E-state index < -0.39 is 17.8 Å². The molecule has 0 unspecified atom stereocenters. The number of aromatic nitrogens is 2. The summed E-state index contributed by atoms with van der Waals surface area (Å²) in [5.41, 5.74) is 5.34. The molecule has 2 aromatic rings. The zero-order chi connectivity index (χ0) is 14.9. The van der Waals surface area contributed by atoms with E-state index in [-0.39, 0.29) is 23.2 Å². The predicted molar refractivity (Wildman–Crippen MR) is 66.5 cm³/mol. The molecule has 2 N–H and O–H groups in total. The third-order valence-corrected chi connectivity index (χ3v) is 2.89. The van der Waals surface area contributed by atoms with Crippen LogP contribution < -0.4 is 5.73 Å². The SMILES string of the molecule is CC(C)[C@@H](N)c1nc(-c2cccc(C(F)(F)F)c2)no1. The molecule has 108 valence electrons. The Morgan fingerprint density at radius 3 is 2.55 bits per heavy atom. The number of halogens is 3. The van der Waals surface area contributed by atoms with Gasteiger partial charge in [-0.15, -0.1) is 0 Å². The van der Waals surface area contributed by atoms with Gasteiger partial charge in [0.25, 0.3) is 0 Å². The molecule has 1 atom stereocenters. The van der Waals surface area contributed by atoms with E-state index in [1.165, 1.54) is 12.1 Å². The van der Waals surface area contributed by atoms with Gasteiger partial charge in [-0.05, 0) is 18.1 Å². The van der Waals surface area contributed by atoms with Crippen molar-refractivity contribution in [1.29, 1.82) is 0 Å². The Morgan fingerprint density at radius 1 is 1.25 bits per heavy atom. The molecule has 0 fully saturated rings. The van der Waals surface area contributed by atoms with Gasteiger partial charge >= 0.3 is 6.18 Å². The smallest absolute Gasteiger partial charge is 0.337 e. The number of hydrogen-bond acceptors (Lipinski definition) is 4. The minimum atomic E-state index is -4.41. The van der Waals surface area contributed by atoms with E-state index in [9.17, 15) is 13.2 Å². The summed E-state index contributed by atoms with van der Waals surface area (Å²) in [7, 11) is 0. The van der Waals surface area contributed by atoms with Crippen LogP contribution in [0.3, 0.4) is 0 Å². The van der Waals surface area contributed by atoms with Gasteiger partial charge < -0.3 is 10.3 Å². The third-order valence-electron chi connectivity index (χ3n) is 2.89. The van der Waals surface area contributed by atoms with Crippen molar-refractivity contribution in [1.82, 2.24) is 10.1 Å². The number of hydrogen-bond donors (Lipinski definition) is 1. The zero-order valence-electron chi connectivity index (χ0n) is 11.0. The van der Waals surface area contributed by atoms with Gasteiger partial charge in [0, 0.05) is 5.56 Å². The summed E-state index contributed by atoms with van der Waals surface area (Å²) in [6, 6.07) is 4.32. The van der Waals surface area contributed by atoms with Crippen LogP contribution in [0.5, 0.6) is 0 Å². The van der Waals surface area contributed by atoms with E-state index in [1.807, 2.05) is 13.8 Å². The lowest BCUT2D eigenvalue weighted by atomic mass is 10.1. The van der Waals surface area contributed by atoms with Gasteiger partial charge in [0.05, 0.1) is 11.6 Å². The van der Waals surface area contributed by atoms with E-state index in [0.717, 1.165) is 12.1 Å². The van der Waals surface area contributed by atoms with Crippen LogP contribution in [-0.2, 0) is 6.18 Å². The molecule has 0 aliphatic carbocycles. The van der Waals surface area contributed by atoms with E-state index in [2.05, 4.69) is 10.1 Å². The van der Waals surface area contributed by atoms with Crippen LogP contribution >= 0.6 is 0 Å². The average molecular weight is 285 g/mol. The molecule has 1 aromatic heterocycles. The van der Waals surface area contributed by atoms with Gasteiger partial charge in [-0.1, -0.05) is 31.1 Å². The molecular weight excluding hydrogens is 271 g/mol. The maximum atomic E-state index is 12.6. The molecule has 0 amide bonds. The first-order valence-electron chi connectivity index (χ1n) is 6.06. The third kappa shape index (κ3) is 2.98. The molecule has 0 bridgehead atoms. The molecule has 0 aliphatic rings. The number of nitrogens with two attached hydrogens (primary N) is 1. The van der Waals surface area contributed by atoms with Crippen LogP contribution in [0.4, 0.5) is 13.2 Å². The summed E-state index contributed by atoms with van der Waals surface area (Å²) in [5, 5.41) is 3.68. The second-order valence-electron chi connectivity index (χ2n) is 4.80. The van der Waals surface area contributed by atoms with Crippen molar-refractivity contribution in [2.75, 3.05) is 0 Å². The summed E-state index contributed by atoms with van der Waals surface area (Å²) >= 11 is 0. The highest BCUT2D eigenvalue weighted by Gasteiger charge is 2.31. The lowest BCUT2D eigenvalue weighted by Crippen LogP contribution is -2.16. The van der Waals surface area contributed by atoms with Gasteiger partial charge in [-0.2, -0.15) is 18.2 Å². The highest BCUT2D eigenvalue weighted by molar-refractivity contribution is 5.55. The Hall–Kier alpha value is -1.89. The van der Waals surface area contributed by atoms with Crippen molar-refractivity contribution < 1.29 is 17.7 Å². The molecular formula is C13H14F3N3O. The summed E-state index contributed by atoms with van der Waals surface area (Å²) < 4.78 is 42.9. The lowest BCUT2D eigenvalue weighted by Gasteiger charge is -2.09. The molecule has 0 saturated carbocycles. The normalized spacial score (nSPS) is 13.8. The van der Waals surface area contributed by atoms with Crippen LogP contribution in [0.15, 0.2) is 28.8 Å². The summed E-state index contributed by atoms with van der Waals surface area (Å²) in [6.45, 7) is 3.78. The van der Waals surface area contributed by atoms with Crippen LogP contribution in [-0.4, -0.2) is 10.1 Å². The van der Waals surface area contributed by atoms with Crippen molar-refractivity contribution in [3.05, 3.63) is 35.7 Å². The highest BCUT2D eigenvalue weighted by Crippen LogP contribution is 2.31. The lowest BCUT2D eigenvalue weighted by molar-refractivity contribution is -0.137. The number of benzene rings is 1.